The van der Waals surface area contributed by atoms with Crippen molar-refractivity contribution in [3.8, 4) is 0 Å². The number of ether oxygens (including phenoxy) is 2. The molecule has 1 saturated heterocycles. The highest BCUT2D eigenvalue weighted by Crippen LogP contribution is 2.68. The summed E-state index contributed by atoms with van der Waals surface area (Å²) >= 11 is 0. The van der Waals surface area contributed by atoms with Gasteiger partial charge in [-0.1, -0.05) is 20.8 Å². The van der Waals surface area contributed by atoms with Crippen LogP contribution in [0.5, 0.6) is 0 Å². The molecule has 1 heterocycles. The van der Waals surface area contributed by atoms with Gasteiger partial charge in [-0.15, -0.1) is 0 Å². The molecule has 0 spiro atoms. The fraction of sp³-hybridized carbons (Fsp3) is 0.912. The molecule has 0 aromatic carbocycles. The van der Waals surface area contributed by atoms with Crippen LogP contribution < -0.4 is 0 Å². The lowest BCUT2D eigenvalue weighted by Crippen LogP contribution is -2.64. The molecule has 0 bridgehead atoms. The molecular weight excluding hydrogens is 600 g/mol. The molecule has 46 heavy (non-hydrogen) atoms. The van der Waals surface area contributed by atoms with Crippen LogP contribution >= 0.6 is 0 Å². The van der Waals surface area contributed by atoms with Gasteiger partial charge in [0.2, 0.25) is 0 Å². The Kier molecular flexibility index (Phi) is 9.52. The van der Waals surface area contributed by atoms with Crippen molar-refractivity contribution >= 4 is 5.78 Å². The number of ketones is 1. The van der Waals surface area contributed by atoms with E-state index in [2.05, 4.69) is 0 Å². The molecule has 0 radical (unpaired) electrons. The van der Waals surface area contributed by atoms with Gasteiger partial charge >= 0.3 is 0 Å². The van der Waals surface area contributed by atoms with Crippen LogP contribution in [0.4, 0.5) is 0 Å². The van der Waals surface area contributed by atoms with Crippen molar-refractivity contribution in [2.75, 3.05) is 6.61 Å². The van der Waals surface area contributed by atoms with E-state index in [0.717, 1.165) is 0 Å². The molecule has 5 rings (SSSR count). The Balaban J connectivity index is 1.38. The van der Waals surface area contributed by atoms with E-state index >= 15 is 0 Å². The highest BCUT2D eigenvalue weighted by Gasteiger charge is 2.69. The second-order valence-electron chi connectivity index (χ2n) is 16.4. The zero-order valence-corrected chi connectivity index (χ0v) is 27.9. The summed E-state index contributed by atoms with van der Waals surface area (Å²) in [6.45, 7) is 10.0. The van der Waals surface area contributed by atoms with Gasteiger partial charge in [-0.2, -0.15) is 0 Å². The Morgan fingerprint density at radius 3 is 2.28 bits per heavy atom. The Labute approximate surface area is 271 Å². The van der Waals surface area contributed by atoms with Gasteiger partial charge in [-0.3, -0.25) is 4.79 Å². The monoisotopic (exact) mass is 656 g/mol. The maximum atomic E-state index is 13.9. The molecule has 3 saturated carbocycles. The lowest BCUT2D eigenvalue weighted by atomic mass is 9.45. The number of aliphatic hydroxyl groups is 9. The van der Waals surface area contributed by atoms with Gasteiger partial charge in [0, 0.05) is 11.3 Å². The quantitative estimate of drug-likeness (QED) is 0.168. The number of hydrogen-bond donors (Lipinski definition) is 9. The van der Waals surface area contributed by atoms with E-state index in [1.54, 1.807) is 26.8 Å². The summed E-state index contributed by atoms with van der Waals surface area (Å²) in [6.07, 6.45) is -6.75. The molecule has 264 valence electrons. The smallest absolute Gasteiger partial charge is 0.187 e. The van der Waals surface area contributed by atoms with Crippen LogP contribution in [0.1, 0.15) is 86.5 Å². The van der Waals surface area contributed by atoms with Gasteiger partial charge in [-0.25, -0.2) is 0 Å². The summed E-state index contributed by atoms with van der Waals surface area (Å²) in [6, 6.07) is 0. The SMILES string of the molecule is C[C@H](C[C@@H](O)[C@](C)(O)[C@H]1CC[C@@]2(O)C3=CC(=O)[C@@H]4C[C@@H](O[C@@H]5O[C@H](CO)[C@@H](O)[C@H](O)[C@H]5O)[C@@H](O)C[C@]4(C)C3CC[C@]12C)C(C)(C)O. The first-order valence-electron chi connectivity index (χ1n) is 16.9. The molecule has 1 aliphatic heterocycles. The van der Waals surface area contributed by atoms with E-state index in [4.69, 9.17) is 9.47 Å². The summed E-state index contributed by atoms with van der Waals surface area (Å²) < 4.78 is 11.4. The lowest BCUT2D eigenvalue weighted by molar-refractivity contribution is -0.322. The molecule has 4 fully saturated rings. The first-order valence-corrected chi connectivity index (χ1v) is 16.9. The summed E-state index contributed by atoms with van der Waals surface area (Å²) in [5.74, 6) is -1.79. The van der Waals surface area contributed by atoms with Gasteiger partial charge in [-0.05, 0) is 101 Å². The van der Waals surface area contributed by atoms with Crippen molar-refractivity contribution in [1.29, 1.82) is 0 Å². The lowest BCUT2D eigenvalue weighted by Gasteiger charge is -2.61. The molecular formula is C34H56O12. The number of hydrogen-bond acceptors (Lipinski definition) is 12. The van der Waals surface area contributed by atoms with Crippen LogP contribution in [0.2, 0.25) is 0 Å². The highest BCUT2D eigenvalue weighted by molar-refractivity contribution is 5.95. The van der Waals surface area contributed by atoms with Crippen LogP contribution in [0.15, 0.2) is 11.6 Å². The third-order valence-electron chi connectivity index (χ3n) is 13.4. The molecule has 0 aromatic rings. The van der Waals surface area contributed by atoms with Gasteiger partial charge in [0.25, 0.3) is 0 Å². The molecule has 16 atom stereocenters. The maximum Gasteiger partial charge on any atom is 0.187 e. The average molecular weight is 657 g/mol. The van der Waals surface area contributed by atoms with Crippen LogP contribution in [0.25, 0.3) is 0 Å². The third kappa shape index (κ3) is 5.53. The van der Waals surface area contributed by atoms with Crippen molar-refractivity contribution < 1.29 is 60.2 Å². The van der Waals surface area contributed by atoms with E-state index in [1.165, 1.54) is 0 Å². The minimum absolute atomic E-state index is 0.102. The Hall–Kier alpha value is -1.03. The van der Waals surface area contributed by atoms with Crippen molar-refractivity contribution in [1.82, 2.24) is 0 Å². The third-order valence-corrected chi connectivity index (χ3v) is 13.4. The zero-order valence-electron chi connectivity index (χ0n) is 27.9. The van der Waals surface area contributed by atoms with E-state index in [-0.39, 0.29) is 36.9 Å². The zero-order chi connectivity index (χ0) is 34.4. The van der Waals surface area contributed by atoms with Gasteiger partial charge < -0.3 is 55.4 Å². The minimum atomic E-state index is -1.64. The second kappa shape index (κ2) is 12.1. The number of allylic oxidation sites excluding steroid dienone is 1. The van der Waals surface area contributed by atoms with Gasteiger partial charge in [0.15, 0.2) is 12.1 Å². The minimum Gasteiger partial charge on any atom is -0.394 e. The van der Waals surface area contributed by atoms with E-state index < -0.39 is 95.1 Å². The Bertz CT molecular complexity index is 1180. The second-order valence-corrected chi connectivity index (χ2v) is 16.4. The van der Waals surface area contributed by atoms with Crippen molar-refractivity contribution in [3.63, 3.8) is 0 Å². The van der Waals surface area contributed by atoms with Crippen LogP contribution in [0.3, 0.4) is 0 Å². The van der Waals surface area contributed by atoms with Crippen LogP contribution in [0, 0.1) is 34.5 Å². The predicted molar refractivity (Wildman–Crippen MR) is 164 cm³/mol. The first-order chi connectivity index (χ1) is 21.1. The summed E-state index contributed by atoms with van der Waals surface area (Å²) in [4.78, 5) is 13.9. The molecule has 5 aliphatic rings. The molecule has 12 nitrogen and oxygen atoms in total. The highest BCUT2D eigenvalue weighted by atomic mass is 16.7. The van der Waals surface area contributed by atoms with Crippen molar-refractivity contribution in [2.45, 2.75) is 152 Å². The van der Waals surface area contributed by atoms with Gasteiger partial charge in [0.1, 0.15) is 24.4 Å². The number of carbonyl (C=O) groups is 1. The standard InChI is InChI=1S/C34H56O12/c1-16(30(2,3)42)11-25(38)33(6,43)24-8-10-34(44)18-12-20(36)19-13-22(45-29-28(41)27(40)26(39)23(15-35)46-29)21(37)14-31(19,4)17(18)7-9-32(24,34)5/h12,16-17,19,21-29,35,37-44H,7-11,13-15H2,1-6H3/t16-,17?,19+,21+,22-,23-,24+,25-,26-,27+,28-,29-,31-,32-,33-,34-/m1/s1. The summed E-state index contributed by atoms with van der Waals surface area (Å²) in [5.41, 5.74) is -4.98. The number of carbonyl (C=O) groups excluding carboxylic acids is 1. The number of rotatable bonds is 8. The summed E-state index contributed by atoms with van der Waals surface area (Å²) in [7, 11) is 0. The predicted octanol–water partition coefficient (Wildman–Crippen LogP) is -0.0758. The van der Waals surface area contributed by atoms with Crippen LogP contribution in [-0.2, 0) is 14.3 Å². The summed E-state index contributed by atoms with van der Waals surface area (Å²) in [5, 5.41) is 97.8. The first kappa shape index (κ1) is 36.3. The van der Waals surface area contributed by atoms with E-state index in [1.807, 2.05) is 20.8 Å². The maximum absolute atomic E-state index is 13.9. The number of fused-ring (bicyclic) bond motifs is 5. The van der Waals surface area contributed by atoms with Crippen LogP contribution in [-0.4, -0.2) is 124 Å². The Morgan fingerprint density at radius 1 is 1.02 bits per heavy atom. The van der Waals surface area contributed by atoms with Crippen molar-refractivity contribution in [3.05, 3.63) is 11.6 Å². The van der Waals surface area contributed by atoms with E-state index in [0.29, 0.717) is 31.3 Å². The molecule has 12 heteroatoms. The van der Waals surface area contributed by atoms with Gasteiger partial charge in [0.05, 0.1) is 41.7 Å². The van der Waals surface area contributed by atoms with E-state index in [9.17, 15) is 50.8 Å². The Morgan fingerprint density at radius 2 is 1.67 bits per heavy atom. The molecule has 1 unspecified atom stereocenters. The molecule has 9 N–H and O–H groups in total. The fourth-order valence-electron chi connectivity index (χ4n) is 9.89. The largest absolute Gasteiger partial charge is 0.394 e. The number of aliphatic hydroxyl groups excluding tert-OH is 6. The molecule has 4 aliphatic carbocycles. The average Bonchev–Trinajstić information content (AvgIpc) is 3.25. The van der Waals surface area contributed by atoms with Crippen molar-refractivity contribution in [2.24, 2.45) is 34.5 Å². The topological polar surface area (TPSA) is 218 Å². The normalized spacial score (nSPS) is 48.8. The molecule has 0 amide bonds. The molecule has 0 aromatic heterocycles. The fourth-order valence-corrected chi connectivity index (χ4v) is 9.89.